The lowest BCUT2D eigenvalue weighted by Gasteiger charge is -2.32. The molecule has 0 saturated carbocycles. The minimum Gasteiger partial charge on any atom is -0.481 e. The normalized spacial score (nSPS) is 17.1. The SMILES string of the molecule is O=C(O)CCC1CCCN(C(=O)c2cncc(-c3ccc(Cl)cc3)c2)C1. The molecule has 1 aliphatic heterocycles. The lowest BCUT2D eigenvalue weighted by Crippen LogP contribution is -2.40. The Morgan fingerprint density at radius 3 is 2.69 bits per heavy atom. The maximum Gasteiger partial charge on any atom is 0.303 e. The Hall–Kier alpha value is -2.40. The van der Waals surface area contributed by atoms with E-state index >= 15 is 0 Å². The second-order valence-electron chi connectivity index (χ2n) is 6.66. The van der Waals surface area contributed by atoms with Crippen LogP contribution < -0.4 is 0 Å². The van der Waals surface area contributed by atoms with Crippen molar-refractivity contribution in [2.75, 3.05) is 13.1 Å². The van der Waals surface area contributed by atoms with Gasteiger partial charge in [0.05, 0.1) is 5.56 Å². The summed E-state index contributed by atoms with van der Waals surface area (Å²) in [7, 11) is 0. The molecule has 0 aliphatic carbocycles. The summed E-state index contributed by atoms with van der Waals surface area (Å²) in [6, 6.07) is 9.26. The molecule has 1 unspecified atom stereocenters. The summed E-state index contributed by atoms with van der Waals surface area (Å²) in [5, 5.41) is 9.52. The molecule has 1 aromatic heterocycles. The monoisotopic (exact) mass is 372 g/mol. The summed E-state index contributed by atoms with van der Waals surface area (Å²) < 4.78 is 0. The summed E-state index contributed by atoms with van der Waals surface area (Å²) in [5.41, 5.74) is 2.37. The van der Waals surface area contributed by atoms with Gasteiger partial charge in [0.1, 0.15) is 0 Å². The molecule has 0 radical (unpaired) electrons. The molecule has 1 fully saturated rings. The first kappa shape index (κ1) is 18.4. The molecule has 2 heterocycles. The van der Waals surface area contributed by atoms with Gasteiger partial charge in [0.25, 0.3) is 5.91 Å². The van der Waals surface area contributed by atoms with Crippen LogP contribution in [-0.2, 0) is 4.79 Å². The molecule has 1 atom stereocenters. The third kappa shape index (κ3) is 4.61. The predicted octanol–water partition coefficient (Wildman–Crippen LogP) is 4.12. The van der Waals surface area contributed by atoms with Gasteiger partial charge in [-0.25, -0.2) is 0 Å². The highest BCUT2D eigenvalue weighted by Gasteiger charge is 2.25. The Labute approximate surface area is 157 Å². The van der Waals surface area contributed by atoms with E-state index in [9.17, 15) is 9.59 Å². The first-order valence-corrected chi connectivity index (χ1v) is 9.13. The minimum atomic E-state index is -0.784. The summed E-state index contributed by atoms with van der Waals surface area (Å²) in [5.74, 6) is -0.585. The van der Waals surface area contributed by atoms with Crippen LogP contribution in [-0.4, -0.2) is 40.0 Å². The standard InChI is InChI=1S/C20H21ClN2O3/c21-18-6-4-15(5-7-18)16-10-17(12-22-11-16)20(26)23-9-1-2-14(13-23)3-8-19(24)25/h4-7,10-12,14H,1-3,8-9,13H2,(H,24,25). The number of pyridine rings is 1. The first-order valence-electron chi connectivity index (χ1n) is 8.75. The molecule has 3 rings (SSSR count). The maximum atomic E-state index is 12.9. The Morgan fingerprint density at radius 1 is 1.19 bits per heavy atom. The Kier molecular flexibility index (Phi) is 5.89. The van der Waals surface area contributed by atoms with Crippen LogP contribution in [0, 0.1) is 5.92 Å². The number of likely N-dealkylation sites (tertiary alicyclic amines) is 1. The summed E-state index contributed by atoms with van der Waals surface area (Å²) in [4.78, 5) is 29.7. The van der Waals surface area contributed by atoms with E-state index in [1.54, 1.807) is 12.4 Å². The summed E-state index contributed by atoms with van der Waals surface area (Å²) in [6.07, 6.45) is 5.96. The van der Waals surface area contributed by atoms with Gasteiger partial charge in [0, 0.05) is 42.5 Å². The number of carbonyl (C=O) groups is 2. The number of amides is 1. The van der Waals surface area contributed by atoms with Gasteiger partial charge in [0.15, 0.2) is 0 Å². The average molecular weight is 373 g/mol. The number of carbonyl (C=O) groups excluding carboxylic acids is 1. The van der Waals surface area contributed by atoms with Crippen LogP contribution >= 0.6 is 11.6 Å². The number of halogens is 1. The quantitative estimate of drug-likeness (QED) is 0.857. The average Bonchev–Trinajstić information content (AvgIpc) is 2.67. The van der Waals surface area contributed by atoms with Gasteiger partial charge in [0.2, 0.25) is 0 Å². The predicted molar refractivity (Wildman–Crippen MR) is 100 cm³/mol. The van der Waals surface area contributed by atoms with E-state index in [4.69, 9.17) is 16.7 Å². The largest absolute Gasteiger partial charge is 0.481 e. The number of hydrogen-bond acceptors (Lipinski definition) is 3. The van der Waals surface area contributed by atoms with Crippen molar-refractivity contribution in [1.82, 2.24) is 9.88 Å². The molecule has 2 aromatic rings. The van der Waals surface area contributed by atoms with Crippen LogP contribution in [0.1, 0.15) is 36.0 Å². The summed E-state index contributed by atoms with van der Waals surface area (Å²) >= 11 is 5.93. The van der Waals surface area contributed by atoms with Gasteiger partial charge >= 0.3 is 5.97 Å². The molecule has 5 nitrogen and oxygen atoms in total. The van der Waals surface area contributed by atoms with Crippen molar-refractivity contribution in [3.8, 4) is 11.1 Å². The number of aromatic nitrogens is 1. The molecule has 0 spiro atoms. The first-order chi connectivity index (χ1) is 12.5. The summed E-state index contributed by atoms with van der Waals surface area (Å²) in [6.45, 7) is 1.31. The molecular formula is C20H21ClN2O3. The van der Waals surface area contributed by atoms with Gasteiger partial charge in [-0.1, -0.05) is 23.7 Å². The Bertz CT molecular complexity index is 792. The highest BCUT2D eigenvalue weighted by molar-refractivity contribution is 6.30. The van der Waals surface area contributed by atoms with E-state index in [0.717, 1.165) is 24.0 Å². The molecule has 1 aliphatic rings. The Balaban J connectivity index is 1.72. The van der Waals surface area contributed by atoms with Gasteiger partial charge in [-0.2, -0.15) is 0 Å². The van der Waals surface area contributed by atoms with Crippen molar-refractivity contribution in [3.05, 3.63) is 53.3 Å². The van der Waals surface area contributed by atoms with Crippen molar-refractivity contribution < 1.29 is 14.7 Å². The van der Waals surface area contributed by atoms with E-state index in [0.29, 0.717) is 30.1 Å². The lowest BCUT2D eigenvalue weighted by atomic mass is 9.93. The molecule has 1 aromatic carbocycles. The topological polar surface area (TPSA) is 70.5 Å². The Morgan fingerprint density at radius 2 is 1.96 bits per heavy atom. The number of benzene rings is 1. The molecule has 0 bridgehead atoms. The zero-order valence-corrected chi connectivity index (χ0v) is 15.2. The van der Waals surface area contributed by atoms with Crippen molar-refractivity contribution in [1.29, 1.82) is 0 Å². The van der Waals surface area contributed by atoms with Crippen molar-refractivity contribution in [2.24, 2.45) is 5.92 Å². The molecule has 1 saturated heterocycles. The number of carboxylic acid groups (broad SMARTS) is 1. The van der Waals surface area contributed by atoms with Crippen LogP contribution in [0.5, 0.6) is 0 Å². The minimum absolute atomic E-state index is 0.0478. The zero-order valence-electron chi connectivity index (χ0n) is 14.4. The van der Waals surface area contributed by atoms with Crippen molar-refractivity contribution in [3.63, 3.8) is 0 Å². The zero-order chi connectivity index (χ0) is 18.5. The fourth-order valence-electron chi connectivity index (χ4n) is 3.35. The van der Waals surface area contributed by atoms with E-state index in [1.165, 1.54) is 0 Å². The van der Waals surface area contributed by atoms with Crippen LogP contribution in [0.25, 0.3) is 11.1 Å². The molecule has 6 heteroatoms. The molecule has 1 amide bonds. The van der Waals surface area contributed by atoms with Gasteiger partial charge < -0.3 is 10.0 Å². The van der Waals surface area contributed by atoms with E-state index < -0.39 is 5.97 Å². The molecular weight excluding hydrogens is 352 g/mol. The second-order valence-corrected chi connectivity index (χ2v) is 7.10. The highest BCUT2D eigenvalue weighted by atomic mass is 35.5. The van der Waals surface area contributed by atoms with Crippen LogP contribution in [0.2, 0.25) is 5.02 Å². The third-order valence-electron chi connectivity index (χ3n) is 4.74. The smallest absolute Gasteiger partial charge is 0.303 e. The van der Waals surface area contributed by atoms with Crippen LogP contribution in [0.4, 0.5) is 0 Å². The fourth-order valence-corrected chi connectivity index (χ4v) is 3.48. The highest BCUT2D eigenvalue weighted by Crippen LogP contribution is 2.25. The van der Waals surface area contributed by atoms with Gasteiger partial charge in [-0.15, -0.1) is 0 Å². The van der Waals surface area contributed by atoms with E-state index in [2.05, 4.69) is 4.98 Å². The van der Waals surface area contributed by atoms with Gasteiger partial charge in [-0.3, -0.25) is 14.6 Å². The number of nitrogens with zero attached hydrogens (tertiary/aromatic N) is 2. The molecule has 26 heavy (non-hydrogen) atoms. The number of hydrogen-bond donors (Lipinski definition) is 1. The van der Waals surface area contributed by atoms with Crippen LogP contribution in [0.3, 0.4) is 0 Å². The fraction of sp³-hybridized carbons (Fsp3) is 0.350. The number of rotatable bonds is 5. The van der Waals surface area contributed by atoms with Crippen molar-refractivity contribution >= 4 is 23.5 Å². The second kappa shape index (κ2) is 8.32. The van der Waals surface area contributed by atoms with E-state index in [1.807, 2.05) is 35.2 Å². The molecule has 136 valence electrons. The maximum absolute atomic E-state index is 12.9. The van der Waals surface area contributed by atoms with Gasteiger partial charge in [-0.05, 0) is 48.9 Å². The van der Waals surface area contributed by atoms with Crippen molar-refractivity contribution in [2.45, 2.75) is 25.7 Å². The number of carboxylic acids is 1. The number of piperidine rings is 1. The van der Waals surface area contributed by atoms with Crippen LogP contribution in [0.15, 0.2) is 42.7 Å². The third-order valence-corrected chi connectivity index (χ3v) is 4.99. The van der Waals surface area contributed by atoms with E-state index in [-0.39, 0.29) is 18.2 Å². The molecule has 1 N–H and O–H groups in total. The lowest BCUT2D eigenvalue weighted by molar-refractivity contribution is -0.137. The number of aliphatic carboxylic acids is 1.